The van der Waals surface area contributed by atoms with Gasteiger partial charge < -0.3 is 9.52 Å². The Hall–Kier alpha value is -2.34. The number of phenolic OH excluding ortho intramolecular Hbond substituents is 1. The number of oxazole rings is 1. The van der Waals surface area contributed by atoms with E-state index in [0.29, 0.717) is 42.8 Å². The quantitative estimate of drug-likeness (QED) is 0.301. The summed E-state index contributed by atoms with van der Waals surface area (Å²) in [4.78, 5) is 9.03. The van der Waals surface area contributed by atoms with Crippen molar-refractivity contribution in [3.05, 3.63) is 73.7 Å². The van der Waals surface area contributed by atoms with E-state index in [4.69, 9.17) is 27.6 Å². The first kappa shape index (κ1) is 20.0. The molecular weight excluding hydrogens is 475 g/mol. The first-order valence-electron chi connectivity index (χ1n) is 8.73. The van der Waals surface area contributed by atoms with Gasteiger partial charge in [-0.1, -0.05) is 29.3 Å². The number of benzene rings is 3. The standard InChI is InChI=1S/C22H15BrCl2N2O2/c1-11-16(21(28)19(23)12(2)20(11)25)10-26-15-6-7-18-17(9-15)27-22(29-18)13-4-3-5-14(24)8-13/h3-10,28H,1-2H3. The summed E-state index contributed by atoms with van der Waals surface area (Å²) in [5, 5.41) is 11.7. The highest BCUT2D eigenvalue weighted by Crippen LogP contribution is 2.38. The summed E-state index contributed by atoms with van der Waals surface area (Å²) < 4.78 is 6.39. The molecule has 0 bridgehead atoms. The van der Waals surface area contributed by atoms with Gasteiger partial charge >= 0.3 is 0 Å². The maximum Gasteiger partial charge on any atom is 0.227 e. The fraction of sp³-hybridized carbons (Fsp3) is 0.0909. The van der Waals surface area contributed by atoms with Gasteiger partial charge in [0.05, 0.1) is 10.2 Å². The minimum absolute atomic E-state index is 0.110. The molecule has 0 amide bonds. The van der Waals surface area contributed by atoms with Crippen molar-refractivity contribution in [1.29, 1.82) is 0 Å². The molecule has 4 rings (SSSR count). The fourth-order valence-corrected chi connectivity index (χ4v) is 3.92. The SMILES string of the molecule is Cc1c(Cl)c(C)c(C=Nc2ccc3oc(-c4cccc(Cl)c4)nc3c2)c(O)c1Br. The molecule has 4 nitrogen and oxygen atoms in total. The molecule has 0 unspecified atom stereocenters. The topological polar surface area (TPSA) is 58.6 Å². The molecule has 0 aliphatic rings. The van der Waals surface area contributed by atoms with Gasteiger partial charge in [-0.3, -0.25) is 4.99 Å². The van der Waals surface area contributed by atoms with E-state index >= 15 is 0 Å². The second-order valence-electron chi connectivity index (χ2n) is 6.58. The summed E-state index contributed by atoms with van der Waals surface area (Å²) in [6, 6.07) is 12.8. The Morgan fingerprint density at radius 2 is 1.90 bits per heavy atom. The number of halogens is 3. The number of nitrogens with zero attached hydrogens (tertiary/aromatic N) is 2. The van der Waals surface area contributed by atoms with Crippen molar-refractivity contribution in [2.75, 3.05) is 0 Å². The van der Waals surface area contributed by atoms with E-state index in [0.717, 1.165) is 16.7 Å². The number of phenols is 1. The highest BCUT2D eigenvalue weighted by Gasteiger charge is 2.15. The third kappa shape index (κ3) is 3.78. The number of fused-ring (bicyclic) bond motifs is 1. The van der Waals surface area contributed by atoms with Crippen LogP contribution in [0.3, 0.4) is 0 Å². The Balaban J connectivity index is 1.71. The molecule has 0 atom stereocenters. The normalized spacial score (nSPS) is 11.6. The van der Waals surface area contributed by atoms with E-state index in [1.165, 1.54) is 0 Å². The summed E-state index contributed by atoms with van der Waals surface area (Å²) in [5.41, 5.74) is 4.93. The Morgan fingerprint density at radius 3 is 2.66 bits per heavy atom. The molecule has 0 aliphatic heterocycles. The Morgan fingerprint density at radius 1 is 1.10 bits per heavy atom. The second kappa shape index (κ2) is 7.82. The third-order valence-corrected chi connectivity index (χ3v) is 6.41. The average molecular weight is 490 g/mol. The van der Waals surface area contributed by atoms with Gasteiger partial charge in [-0.15, -0.1) is 0 Å². The van der Waals surface area contributed by atoms with Gasteiger partial charge in [0.1, 0.15) is 11.3 Å². The van der Waals surface area contributed by atoms with Crippen molar-refractivity contribution < 1.29 is 9.52 Å². The van der Waals surface area contributed by atoms with Crippen molar-refractivity contribution >= 4 is 62.1 Å². The number of aromatic hydroxyl groups is 1. The Bertz CT molecular complexity index is 1250. The molecule has 7 heteroatoms. The molecule has 3 aromatic carbocycles. The number of hydrogen-bond donors (Lipinski definition) is 1. The average Bonchev–Trinajstić information content (AvgIpc) is 3.14. The van der Waals surface area contributed by atoms with E-state index in [2.05, 4.69) is 25.9 Å². The summed E-state index contributed by atoms with van der Waals surface area (Å²) in [6.45, 7) is 3.69. The van der Waals surface area contributed by atoms with Crippen molar-refractivity contribution in [3.63, 3.8) is 0 Å². The van der Waals surface area contributed by atoms with Gasteiger partial charge in [-0.05, 0) is 77.3 Å². The van der Waals surface area contributed by atoms with Crippen LogP contribution < -0.4 is 0 Å². The van der Waals surface area contributed by atoms with E-state index in [1.807, 2.05) is 44.2 Å². The number of aliphatic imine (C=N–C) groups is 1. The lowest BCUT2D eigenvalue weighted by Gasteiger charge is -2.11. The molecule has 4 aromatic rings. The summed E-state index contributed by atoms with van der Waals surface area (Å²) >= 11 is 15.8. The maximum atomic E-state index is 10.5. The third-order valence-electron chi connectivity index (χ3n) is 4.64. The van der Waals surface area contributed by atoms with Gasteiger partial charge in [0.25, 0.3) is 0 Å². The fourth-order valence-electron chi connectivity index (χ4n) is 3.01. The van der Waals surface area contributed by atoms with Gasteiger partial charge in [0.15, 0.2) is 5.58 Å². The number of aromatic nitrogens is 1. The van der Waals surface area contributed by atoms with Crippen molar-refractivity contribution in [2.45, 2.75) is 13.8 Å². The van der Waals surface area contributed by atoms with Crippen LogP contribution in [-0.4, -0.2) is 16.3 Å². The molecule has 0 radical (unpaired) electrons. The molecule has 0 fully saturated rings. The molecule has 1 heterocycles. The van der Waals surface area contributed by atoms with Crippen LogP contribution in [0.15, 0.2) is 56.3 Å². The molecule has 0 saturated heterocycles. The highest BCUT2D eigenvalue weighted by atomic mass is 79.9. The van der Waals surface area contributed by atoms with Crippen LogP contribution in [0.5, 0.6) is 5.75 Å². The summed E-state index contributed by atoms with van der Waals surface area (Å²) in [7, 11) is 0. The van der Waals surface area contributed by atoms with E-state index in [-0.39, 0.29) is 5.75 Å². The highest BCUT2D eigenvalue weighted by molar-refractivity contribution is 9.10. The monoisotopic (exact) mass is 488 g/mol. The zero-order valence-corrected chi connectivity index (χ0v) is 18.6. The van der Waals surface area contributed by atoms with Crippen LogP contribution in [0.2, 0.25) is 10.0 Å². The minimum atomic E-state index is 0.110. The molecular formula is C22H15BrCl2N2O2. The molecule has 0 saturated carbocycles. The van der Waals surface area contributed by atoms with Crippen LogP contribution >= 0.6 is 39.1 Å². The smallest absolute Gasteiger partial charge is 0.227 e. The molecule has 0 spiro atoms. The predicted molar refractivity (Wildman–Crippen MR) is 122 cm³/mol. The van der Waals surface area contributed by atoms with Crippen LogP contribution in [0.4, 0.5) is 5.69 Å². The first-order chi connectivity index (χ1) is 13.8. The predicted octanol–water partition coefficient (Wildman–Crippen LogP) is 7.64. The summed E-state index contributed by atoms with van der Waals surface area (Å²) in [5.74, 6) is 0.602. The molecule has 146 valence electrons. The van der Waals surface area contributed by atoms with E-state index in [9.17, 15) is 5.11 Å². The van der Waals surface area contributed by atoms with Gasteiger partial charge in [-0.2, -0.15) is 0 Å². The zero-order valence-electron chi connectivity index (χ0n) is 15.5. The number of rotatable bonds is 3. The maximum absolute atomic E-state index is 10.5. The Labute approximate surface area is 185 Å². The van der Waals surface area contributed by atoms with E-state index < -0.39 is 0 Å². The first-order valence-corrected chi connectivity index (χ1v) is 10.3. The second-order valence-corrected chi connectivity index (χ2v) is 8.19. The largest absolute Gasteiger partial charge is 0.506 e. The number of hydrogen-bond acceptors (Lipinski definition) is 4. The Kier molecular flexibility index (Phi) is 5.38. The van der Waals surface area contributed by atoms with Gasteiger partial charge in [0, 0.05) is 27.4 Å². The lowest BCUT2D eigenvalue weighted by atomic mass is 10.0. The minimum Gasteiger partial charge on any atom is -0.506 e. The molecule has 0 aliphatic carbocycles. The van der Waals surface area contributed by atoms with Crippen molar-refractivity contribution in [1.82, 2.24) is 4.98 Å². The molecule has 1 aromatic heterocycles. The van der Waals surface area contributed by atoms with Crippen molar-refractivity contribution in [2.24, 2.45) is 4.99 Å². The van der Waals surface area contributed by atoms with Crippen LogP contribution in [0.1, 0.15) is 16.7 Å². The van der Waals surface area contributed by atoms with E-state index in [1.54, 1.807) is 18.3 Å². The van der Waals surface area contributed by atoms with Crippen LogP contribution in [0, 0.1) is 13.8 Å². The summed E-state index contributed by atoms with van der Waals surface area (Å²) in [6.07, 6.45) is 1.60. The zero-order chi connectivity index (χ0) is 20.7. The lowest BCUT2D eigenvalue weighted by molar-refractivity contribution is 0.470. The molecule has 1 N–H and O–H groups in total. The van der Waals surface area contributed by atoms with Gasteiger partial charge in [-0.25, -0.2) is 4.98 Å². The van der Waals surface area contributed by atoms with Crippen LogP contribution in [0.25, 0.3) is 22.6 Å². The van der Waals surface area contributed by atoms with Gasteiger partial charge in [0.2, 0.25) is 5.89 Å². The van der Waals surface area contributed by atoms with Crippen molar-refractivity contribution in [3.8, 4) is 17.2 Å². The lowest BCUT2D eigenvalue weighted by Crippen LogP contribution is -1.94. The van der Waals surface area contributed by atoms with Crippen LogP contribution in [-0.2, 0) is 0 Å². The molecule has 29 heavy (non-hydrogen) atoms.